The van der Waals surface area contributed by atoms with Crippen LogP contribution in [-0.4, -0.2) is 8.42 Å². The van der Waals surface area contributed by atoms with Gasteiger partial charge in [0.15, 0.2) is 0 Å². The van der Waals surface area contributed by atoms with Gasteiger partial charge in [0.2, 0.25) is 0 Å². The largest absolute Gasteiger partial charge is 0.279 e. The Kier molecular flexibility index (Phi) is 3.82. The lowest BCUT2D eigenvalue weighted by atomic mass is 10.3. The van der Waals surface area contributed by atoms with Crippen molar-refractivity contribution in [3.8, 4) is 0 Å². The van der Waals surface area contributed by atoms with E-state index in [0.29, 0.717) is 4.34 Å². The van der Waals surface area contributed by atoms with Gasteiger partial charge in [-0.3, -0.25) is 4.72 Å². The number of anilines is 1. The summed E-state index contributed by atoms with van der Waals surface area (Å²) in [4.78, 5) is 0. The van der Waals surface area contributed by atoms with Gasteiger partial charge in [0.05, 0.1) is 15.0 Å². The van der Waals surface area contributed by atoms with E-state index in [0.717, 1.165) is 17.4 Å². The van der Waals surface area contributed by atoms with Crippen molar-refractivity contribution < 1.29 is 12.8 Å². The molecule has 0 unspecified atom stereocenters. The summed E-state index contributed by atoms with van der Waals surface area (Å²) in [6.45, 7) is 0. The number of hydrogen-bond acceptors (Lipinski definition) is 3. The molecule has 0 aliphatic heterocycles. The van der Waals surface area contributed by atoms with Gasteiger partial charge in [-0.1, -0.05) is 23.2 Å². The molecule has 0 radical (unpaired) electrons. The second-order valence-electron chi connectivity index (χ2n) is 3.29. The van der Waals surface area contributed by atoms with Gasteiger partial charge in [-0.05, 0) is 30.3 Å². The molecule has 1 aromatic heterocycles. The van der Waals surface area contributed by atoms with Crippen LogP contribution in [0, 0.1) is 5.82 Å². The average Bonchev–Trinajstić information content (AvgIpc) is 2.71. The molecular formula is C10H6Cl2FNO2S2. The highest BCUT2D eigenvalue weighted by molar-refractivity contribution is 7.94. The second kappa shape index (κ2) is 5.05. The fourth-order valence-electron chi connectivity index (χ4n) is 1.21. The van der Waals surface area contributed by atoms with Gasteiger partial charge >= 0.3 is 0 Å². The summed E-state index contributed by atoms with van der Waals surface area (Å²) in [7, 11) is -3.72. The van der Waals surface area contributed by atoms with Crippen LogP contribution in [0.3, 0.4) is 0 Å². The van der Waals surface area contributed by atoms with Gasteiger partial charge in [-0.2, -0.15) is 0 Å². The van der Waals surface area contributed by atoms with E-state index in [-0.39, 0.29) is 14.9 Å². The Hall–Kier alpha value is -0.820. The molecular weight excluding hydrogens is 320 g/mol. The van der Waals surface area contributed by atoms with Crippen molar-refractivity contribution in [1.82, 2.24) is 0 Å². The number of rotatable bonds is 3. The molecule has 0 saturated carbocycles. The van der Waals surface area contributed by atoms with Crippen molar-refractivity contribution in [2.45, 2.75) is 4.21 Å². The number of sulfonamides is 1. The fraction of sp³-hybridized carbons (Fsp3) is 0. The maximum absolute atomic E-state index is 12.9. The Morgan fingerprint density at radius 3 is 2.44 bits per heavy atom. The van der Waals surface area contributed by atoms with Crippen LogP contribution in [0.1, 0.15) is 0 Å². The lowest BCUT2D eigenvalue weighted by Crippen LogP contribution is -2.11. The minimum Gasteiger partial charge on any atom is -0.279 e. The van der Waals surface area contributed by atoms with Gasteiger partial charge in [-0.25, -0.2) is 12.8 Å². The normalized spacial score (nSPS) is 11.5. The molecule has 8 heteroatoms. The molecule has 2 rings (SSSR count). The molecule has 0 fully saturated rings. The maximum Gasteiger partial charge on any atom is 0.271 e. The molecule has 96 valence electrons. The van der Waals surface area contributed by atoms with Crippen LogP contribution >= 0.6 is 34.5 Å². The standard InChI is InChI=1S/C10H6Cl2FNO2S2/c11-7-5-6(1-2-8(7)13)14-18(15,16)10-4-3-9(12)17-10/h1-5,14H. The third-order valence-corrected chi connectivity index (χ3v) is 5.38. The van der Waals surface area contributed by atoms with E-state index >= 15 is 0 Å². The molecule has 1 heterocycles. The Morgan fingerprint density at radius 2 is 1.89 bits per heavy atom. The van der Waals surface area contributed by atoms with Crippen LogP contribution < -0.4 is 4.72 Å². The Bertz CT molecular complexity index is 685. The van der Waals surface area contributed by atoms with E-state index in [9.17, 15) is 12.8 Å². The van der Waals surface area contributed by atoms with Gasteiger partial charge < -0.3 is 0 Å². The average molecular weight is 326 g/mol. The molecule has 0 spiro atoms. The first-order chi connectivity index (χ1) is 8.38. The zero-order valence-corrected chi connectivity index (χ0v) is 11.8. The van der Waals surface area contributed by atoms with Crippen molar-refractivity contribution in [1.29, 1.82) is 0 Å². The van der Waals surface area contributed by atoms with E-state index < -0.39 is 15.8 Å². The zero-order valence-electron chi connectivity index (χ0n) is 8.65. The molecule has 1 aromatic carbocycles. The molecule has 0 aliphatic rings. The molecule has 0 aliphatic carbocycles. The van der Waals surface area contributed by atoms with Crippen molar-refractivity contribution in [3.05, 3.63) is 45.5 Å². The summed E-state index contributed by atoms with van der Waals surface area (Å²) in [5.41, 5.74) is 0.186. The monoisotopic (exact) mass is 325 g/mol. The molecule has 18 heavy (non-hydrogen) atoms. The lowest BCUT2D eigenvalue weighted by Gasteiger charge is -2.06. The van der Waals surface area contributed by atoms with Crippen molar-refractivity contribution in [2.24, 2.45) is 0 Å². The Labute approximate surface area is 117 Å². The smallest absolute Gasteiger partial charge is 0.271 e. The highest BCUT2D eigenvalue weighted by Gasteiger charge is 2.17. The quantitative estimate of drug-likeness (QED) is 0.927. The summed E-state index contributed by atoms with van der Waals surface area (Å²) < 4.78 is 39.5. The van der Waals surface area contributed by atoms with E-state index in [1.807, 2.05) is 0 Å². The van der Waals surface area contributed by atoms with Crippen LogP contribution in [0.4, 0.5) is 10.1 Å². The van der Waals surface area contributed by atoms with Crippen LogP contribution in [0.25, 0.3) is 0 Å². The number of nitrogens with one attached hydrogen (secondary N) is 1. The predicted molar refractivity (Wildman–Crippen MR) is 71.5 cm³/mol. The second-order valence-corrected chi connectivity index (χ2v) is 7.32. The molecule has 0 saturated heterocycles. The molecule has 0 bridgehead atoms. The topological polar surface area (TPSA) is 46.2 Å². The first kappa shape index (κ1) is 13.6. The highest BCUT2D eigenvalue weighted by Crippen LogP contribution is 2.28. The number of halogens is 3. The SMILES string of the molecule is O=S(=O)(Nc1ccc(F)c(Cl)c1)c1ccc(Cl)s1. The zero-order chi connectivity index (χ0) is 13.3. The van der Waals surface area contributed by atoms with E-state index in [2.05, 4.69) is 4.72 Å². The van der Waals surface area contributed by atoms with Crippen LogP contribution in [0.5, 0.6) is 0 Å². The first-order valence-corrected chi connectivity index (χ1v) is 7.67. The molecule has 0 amide bonds. The summed E-state index contributed by atoms with van der Waals surface area (Å²) in [6.07, 6.45) is 0. The van der Waals surface area contributed by atoms with Gasteiger partial charge in [-0.15, -0.1) is 11.3 Å². The fourth-order valence-corrected chi connectivity index (χ4v) is 3.92. The minimum atomic E-state index is -3.72. The third kappa shape index (κ3) is 2.95. The number of hydrogen-bond donors (Lipinski definition) is 1. The van der Waals surface area contributed by atoms with Gasteiger partial charge in [0.25, 0.3) is 10.0 Å². The van der Waals surface area contributed by atoms with Gasteiger partial charge in [0, 0.05) is 0 Å². The lowest BCUT2D eigenvalue weighted by molar-refractivity contribution is 0.603. The van der Waals surface area contributed by atoms with Gasteiger partial charge in [0.1, 0.15) is 10.0 Å². The Morgan fingerprint density at radius 1 is 1.17 bits per heavy atom. The summed E-state index contributed by atoms with van der Waals surface area (Å²) in [6, 6.07) is 6.44. The van der Waals surface area contributed by atoms with Crippen molar-refractivity contribution in [2.75, 3.05) is 4.72 Å². The number of thiophene rings is 1. The minimum absolute atomic E-state index is 0.0768. The Balaban J connectivity index is 2.30. The van der Waals surface area contributed by atoms with Crippen LogP contribution in [-0.2, 0) is 10.0 Å². The van der Waals surface area contributed by atoms with E-state index in [1.165, 1.54) is 24.3 Å². The number of benzene rings is 1. The predicted octanol–water partition coefficient (Wildman–Crippen LogP) is 3.99. The van der Waals surface area contributed by atoms with Crippen LogP contribution in [0.2, 0.25) is 9.36 Å². The summed E-state index contributed by atoms with van der Waals surface area (Å²) in [5, 5.41) is -0.153. The van der Waals surface area contributed by atoms with Crippen molar-refractivity contribution >= 4 is 50.2 Å². The molecule has 0 atom stereocenters. The third-order valence-electron chi connectivity index (χ3n) is 1.99. The van der Waals surface area contributed by atoms with E-state index in [1.54, 1.807) is 0 Å². The molecule has 1 N–H and O–H groups in total. The summed E-state index contributed by atoms with van der Waals surface area (Å²) in [5.74, 6) is -0.612. The van der Waals surface area contributed by atoms with Crippen molar-refractivity contribution in [3.63, 3.8) is 0 Å². The first-order valence-electron chi connectivity index (χ1n) is 4.62. The molecule has 3 nitrogen and oxygen atoms in total. The highest BCUT2D eigenvalue weighted by atomic mass is 35.5. The van der Waals surface area contributed by atoms with E-state index in [4.69, 9.17) is 23.2 Å². The summed E-state index contributed by atoms with van der Waals surface area (Å²) >= 11 is 12.2. The van der Waals surface area contributed by atoms with Crippen LogP contribution in [0.15, 0.2) is 34.5 Å². The molecule has 2 aromatic rings. The maximum atomic E-state index is 12.9.